The minimum Gasteiger partial charge on any atom is -0.496 e. The summed E-state index contributed by atoms with van der Waals surface area (Å²) in [6.07, 6.45) is 0.982. The van der Waals surface area contributed by atoms with E-state index in [-0.39, 0.29) is 17.4 Å². The number of nitrogens with one attached hydrogen (secondary N) is 2. The molecule has 5 heteroatoms. The van der Waals surface area contributed by atoms with Crippen LogP contribution in [0.4, 0.5) is 0 Å². The summed E-state index contributed by atoms with van der Waals surface area (Å²) >= 11 is 0. The van der Waals surface area contributed by atoms with Gasteiger partial charge >= 0.3 is 0 Å². The molecule has 0 aliphatic carbocycles. The monoisotopic (exact) mass is 333 g/mol. The predicted molar refractivity (Wildman–Crippen MR) is 97.3 cm³/mol. The average molecular weight is 333 g/mol. The summed E-state index contributed by atoms with van der Waals surface area (Å²) < 4.78 is 5.50. The number of rotatable bonds is 6. The quantitative estimate of drug-likeness (QED) is 0.838. The van der Waals surface area contributed by atoms with E-state index in [1.165, 1.54) is 0 Å². The Morgan fingerprint density at radius 2 is 2.12 bits per heavy atom. The van der Waals surface area contributed by atoms with E-state index in [0.29, 0.717) is 6.54 Å². The number of hydrogen-bond donors (Lipinski definition) is 2. The van der Waals surface area contributed by atoms with Crippen LogP contribution < -0.4 is 15.4 Å². The molecular weight excluding hydrogens is 302 g/mol. The summed E-state index contributed by atoms with van der Waals surface area (Å²) in [5.74, 6) is 0.977. The van der Waals surface area contributed by atoms with Gasteiger partial charge in [0.2, 0.25) is 5.91 Å². The molecule has 134 valence electrons. The van der Waals surface area contributed by atoms with Gasteiger partial charge in [-0.1, -0.05) is 39.0 Å². The summed E-state index contributed by atoms with van der Waals surface area (Å²) in [4.78, 5) is 14.6. The van der Waals surface area contributed by atoms with Crippen molar-refractivity contribution in [1.29, 1.82) is 0 Å². The number of ether oxygens (including phenoxy) is 1. The van der Waals surface area contributed by atoms with Crippen LogP contribution in [0, 0.1) is 5.41 Å². The van der Waals surface area contributed by atoms with Gasteiger partial charge in [0.1, 0.15) is 5.75 Å². The molecule has 1 aromatic carbocycles. The zero-order valence-corrected chi connectivity index (χ0v) is 15.4. The number of carbonyl (C=O) groups is 1. The molecule has 1 amide bonds. The van der Waals surface area contributed by atoms with Crippen molar-refractivity contribution in [3.8, 4) is 5.75 Å². The fraction of sp³-hybridized carbons (Fsp3) is 0.632. The van der Waals surface area contributed by atoms with Crippen molar-refractivity contribution in [3.05, 3.63) is 29.8 Å². The molecule has 0 aromatic heterocycles. The Morgan fingerprint density at radius 3 is 2.83 bits per heavy atom. The summed E-state index contributed by atoms with van der Waals surface area (Å²) in [5, 5.41) is 6.48. The maximum absolute atomic E-state index is 12.3. The number of nitrogens with zero attached hydrogens (tertiary/aromatic N) is 1. The van der Waals surface area contributed by atoms with Crippen molar-refractivity contribution < 1.29 is 9.53 Å². The van der Waals surface area contributed by atoms with Gasteiger partial charge in [-0.05, 0) is 17.9 Å². The second-order valence-corrected chi connectivity index (χ2v) is 7.59. The first-order valence-electron chi connectivity index (χ1n) is 8.75. The summed E-state index contributed by atoms with van der Waals surface area (Å²) in [6, 6.07) is 8.21. The number of methoxy groups -OCH3 is 1. The molecule has 1 aliphatic heterocycles. The zero-order chi connectivity index (χ0) is 17.6. The molecule has 0 spiro atoms. The molecule has 0 bridgehead atoms. The Hall–Kier alpha value is -1.59. The lowest BCUT2D eigenvalue weighted by Gasteiger charge is -2.36. The third-order valence-electron chi connectivity index (χ3n) is 4.40. The van der Waals surface area contributed by atoms with Crippen LogP contribution in [-0.2, 0) is 4.79 Å². The van der Waals surface area contributed by atoms with Crippen molar-refractivity contribution >= 4 is 5.91 Å². The molecule has 1 fully saturated rings. The highest BCUT2D eigenvalue weighted by Gasteiger charge is 2.27. The predicted octanol–water partition coefficient (Wildman–Crippen LogP) is 2.19. The minimum atomic E-state index is 0.0982. The molecule has 1 heterocycles. The highest BCUT2D eigenvalue weighted by atomic mass is 16.5. The lowest BCUT2D eigenvalue weighted by Crippen LogP contribution is -2.49. The standard InChI is InChI=1S/C19H31N3O2/c1-19(2,3)9-10-21-18(23)14-22-12-11-20-13-16(22)15-7-5-6-8-17(15)24-4/h5-8,16,20H,9-14H2,1-4H3,(H,21,23). The van der Waals surface area contributed by atoms with Crippen LogP contribution in [0.15, 0.2) is 24.3 Å². The second kappa shape index (κ2) is 8.49. The first-order valence-corrected chi connectivity index (χ1v) is 8.75. The fourth-order valence-electron chi connectivity index (χ4n) is 3.00. The third-order valence-corrected chi connectivity index (χ3v) is 4.40. The first kappa shape index (κ1) is 18.7. The molecular formula is C19H31N3O2. The highest BCUT2D eigenvalue weighted by Crippen LogP contribution is 2.29. The van der Waals surface area contributed by atoms with Crippen molar-refractivity contribution in [2.24, 2.45) is 5.41 Å². The van der Waals surface area contributed by atoms with Gasteiger partial charge in [0.15, 0.2) is 0 Å². The number of benzene rings is 1. The maximum atomic E-state index is 12.3. The number of carbonyl (C=O) groups excluding carboxylic acids is 1. The average Bonchev–Trinajstić information content (AvgIpc) is 2.54. The van der Waals surface area contributed by atoms with Gasteiger partial charge in [-0.2, -0.15) is 0 Å². The fourth-order valence-corrected chi connectivity index (χ4v) is 3.00. The molecule has 2 rings (SSSR count). The molecule has 1 aliphatic rings. The van der Waals surface area contributed by atoms with Gasteiger partial charge in [0.05, 0.1) is 19.7 Å². The molecule has 24 heavy (non-hydrogen) atoms. The SMILES string of the molecule is COc1ccccc1C1CNCCN1CC(=O)NCCC(C)(C)C. The molecule has 0 saturated carbocycles. The Labute approximate surface area is 145 Å². The van der Waals surface area contributed by atoms with Crippen molar-refractivity contribution in [2.75, 3.05) is 39.8 Å². The van der Waals surface area contributed by atoms with Crippen LogP contribution in [0.3, 0.4) is 0 Å². The Kier molecular flexibility index (Phi) is 6.63. The van der Waals surface area contributed by atoms with Crippen molar-refractivity contribution in [1.82, 2.24) is 15.5 Å². The lowest BCUT2D eigenvalue weighted by molar-refractivity contribution is -0.123. The van der Waals surface area contributed by atoms with E-state index in [1.807, 2.05) is 18.2 Å². The van der Waals surface area contributed by atoms with E-state index in [0.717, 1.165) is 43.9 Å². The lowest BCUT2D eigenvalue weighted by atomic mass is 9.92. The number of amides is 1. The van der Waals surface area contributed by atoms with Crippen molar-refractivity contribution in [2.45, 2.75) is 33.2 Å². The van der Waals surface area contributed by atoms with E-state index in [4.69, 9.17) is 4.74 Å². The largest absolute Gasteiger partial charge is 0.496 e. The molecule has 1 aromatic rings. The summed E-state index contributed by atoms with van der Waals surface area (Å²) in [6.45, 7) is 10.3. The maximum Gasteiger partial charge on any atom is 0.234 e. The van der Waals surface area contributed by atoms with Gasteiger partial charge in [-0.3, -0.25) is 9.69 Å². The van der Waals surface area contributed by atoms with E-state index in [9.17, 15) is 4.79 Å². The molecule has 5 nitrogen and oxygen atoms in total. The summed E-state index contributed by atoms with van der Waals surface area (Å²) in [7, 11) is 1.69. The first-order chi connectivity index (χ1) is 11.4. The van der Waals surface area contributed by atoms with Gasteiger partial charge in [-0.15, -0.1) is 0 Å². The molecule has 1 unspecified atom stereocenters. The molecule has 1 saturated heterocycles. The van der Waals surface area contributed by atoms with Gasteiger partial charge in [-0.25, -0.2) is 0 Å². The van der Waals surface area contributed by atoms with E-state index < -0.39 is 0 Å². The van der Waals surface area contributed by atoms with Crippen LogP contribution in [0.25, 0.3) is 0 Å². The normalized spacial score (nSPS) is 19.1. The van der Waals surface area contributed by atoms with Gasteiger partial charge in [0, 0.05) is 31.7 Å². The van der Waals surface area contributed by atoms with Gasteiger partial charge in [0.25, 0.3) is 0 Å². The highest BCUT2D eigenvalue weighted by molar-refractivity contribution is 5.78. The molecule has 2 N–H and O–H groups in total. The minimum absolute atomic E-state index is 0.0982. The molecule has 0 radical (unpaired) electrons. The topological polar surface area (TPSA) is 53.6 Å². The van der Waals surface area contributed by atoms with Crippen LogP contribution in [0.1, 0.15) is 38.8 Å². The smallest absolute Gasteiger partial charge is 0.234 e. The van der Waals surface area contributed by atoms with Crippen LogP contribution in [0.5, 0.6) is 5.75 Å². The number of piperazine rings is 1. The second-order valence-electron chi connectivity index (χ2n) is 7.59. The van der Waals surface area contributed by atoms with E-state index in [2.05, 4.69) is 42.4 Å². The van der Waals surface area contributed by atoms with Gasteiger partial charge < -0.3 is 15.4 Å². The van der Waals surface area contributed by atoms with E-state index in [1.54, 1.807) is 7.11 Å². The number of para-hydroxylation sites is 1. The van der Waals surface area contributed by atoms with E-state index >= 15 is 0 Å². The third kappa shape index (κ3) is 5.49. The zero-order valence-electron chi connectivity index (χ0n) is 15.4. The Balaban J connectivity index is 1.98. The van der Waals surface area contributed by atoms with Crippen LogP contribution >= 0.6 is 0 Å². The number of hydrogen-bond acceptors (Lipinski definition) is 4. The van der Waals surface area contributed by atoms with Crippen LogP contribution in [-0.4, -0.2) is 50.6 Å². The Bertz CT molecular complexity index is 540. The van der Waals surface area contributed by atoms with Crippen LogP contribution in [0.2, 0.25) is 0 Å². The Morgan fingerprint density at radius 1 is 1.38 bits per heavy atom. The molecule has 1 atom stereocenters. The summed E-state index contributed by atoms with van der Waals surface area (Å²) in [5.41, 5.74) is 1.37. The van der Waals surface area contributed by atoms with Crippen molar-refractivity contribution in [3.63, 3.8) is 0 Å².